The summed E-state index contributed by atoms with van der Waals surface area (Å²) in [4.78, 5) is 34.5. The third kappa shape index (κ3) is 6.19. The quantitative estimate of drug-likeness (QED) is 0.207. The number of aromatic nitrogens is 7. The first-order valence-corrected chi connectivity index (χ1v) is 13.2. The van der Waals surface area contributed by atoms with E-state index < -0.39 is 6.09 Å². The molecule has 212 valence electrons. The number of hydrogen-bond donors (Lipinski definition) is 3. The van der Waals surface area contributed by atoms with Gasteiger partial charge in [0.2, 0.25) is 5.95 Å². The van der Waals surface area contributed by atoms with Crippen molar-refractivity contribution in [2.24, 2.45) is 0 Å². The summed E-state index contributed by atoms with van der Waals surface area (Å²) >= 11 is 0. The molecule has 0 radical (unpaired) electrons. The van der Waals surface area contributed by atoms with Crippen LogP contribution in [0.5, 0.6) is 5.75 Å². The standard InChI is InChI=1S/C28H31N9O4/c1-4-37-22(13-18(2)35-37)26(38)33-27-32-21-14-20(25-30-17-31-34-25)15-23(40-3)24(21)36(27)12-8-11-29-28(39)41-16-19-9-6-5-7-10-19/h5-7,9-10,13-15,17H,4,8,11-12,16H2,1-3H3,(H,29,39)(H,30,31,34)(H,32,33,38). The van der Waals surface area contributed by atoms with E-state index in [1.54, 1.807) is 17.9 Å². The summed E-state index contributed by atoms with van der Waals surface area (Å²) in [6.45, 7) is 5.27. The Hall–Kier alpha value is -5.20. The van der Waals surface area contributed by atoms with Crippen molar-refractivity contribution in [1.29, 1.82) is 0 Å². The van der Waals surface area contributed by atoms with Crippen molar-refractivity contribution < 1.29 is 19.1 Å². The number of anilines is 1. The molecule has 41 heavy (non-hydrogen) atoms. The van der Waals surface area contributed by atoms with Gasteiger partial charge in [-0.25, -0.2) is 14.8 Å². The second-order valence-electron chi connectivity index (χ2n) is 9.25. The monoisotopic (exact) mass is 557 g/mol. The summed E-state index contributed by atoms with van der Waals surface area (Å²) in [6, 6.07) is 14.9. The zero-order valence-corrected chi connectivity index (χ0v) is 23.0. The molecule has 5 rings (SSSR count). The van der Waals surface area contributed by atoms with Crippen molar-refractivity contribution in [1.82, 2.24) is 39.8 Å². The number of benzene rings is 2. The van der Waals surface area contributed by atoms with Gasteiger partial charge in [0.25, 0.3) is 5.91 Å². The van der Waals surface area contributed by atoms with Crippen molar-refractivity contribution in [2.45, 2.75) is 40.0 Å². The predicted octanol–water partition coefficient (Wildman–Crippen LogP) is 3.92. The van der Waals surface area contributed by atoms with Gasteiger partial charge < -0.3 is 19.4 Å². The highest BCUT2D eigenvalue weighted by atomic mass is 16.5. The maximum Gasteiger partial charge on any atom is 0.407 e. The number of carbonyl (C=O) groups is 2. The van der Waals surface area contributed by atoms with Gasteiger partial charge in [0.15, 0.2) is 5.82 Å². The molecule has 3 N–H and O–H groups in total. The van der Waals surface area contributed by atoms with Crippen LogP contribution in [0.4, 0.5) is 10.7 Å². The average molecular weight is 558 g/mol. The van der Waals surface area contributed by atoms with E-state index >= 15 is 0 Å². The summed E-state index contributed by atoms with van der Waals surface area (Å²) in [7, 11) is 1.57. The van der Waals surface area contributed by atoms with Gasteiger partial charge in [-0.15, -0.1) is 0 Å². The molecule has 13 nitrogen and oxygen atoms in total. The SMILES string of the molecule is CCn1nc(C)cc1C(=O)Nc1nc2cc(-c3ncn[nH]3)cc(OC)c2n1CCCNC(=O)OCc1ccccc1. The molecular formula is C28H31N9O4. The van der Waals surface area contributed by atoms with Gasteiger partial charge in [0, 0.05) is 25.2 Å². The molecule has 0 atom stereocenters. The Morgan fingerprint density at radius 3 is 2.68 bits per heavy atom. The van der Waals surface area contributed by atoms with Crippen LogP contribution in [0.1, 0.15) is 35.1 Å². The summed E-state index contributed by atoms with van der Waals surface area (Å²) < 4.78 is 14.5. The first kappa shape index (κ1) is 27.4. The Balaban J connectivity index is 1.37. The Morgan fingerprint density at radius 1 is 1.12 bits per heavy atom. The highest BCUT2D eigenvalue weighted by molar-refractivity contribution is 6.03. The molecule has 0 saturated heterocycles. The first-order chi connectivity index (χ1) is 20.0. The minimum atomic E-state index is -0.504. The predicted molar refractivity (Wildman–Crippen MR) is 151 cm³/mol. The highest BCUT2D eigenvalue weighted by Crippen LogP contribution is 2.33. The number of ether oxygens (including phenoxy) is 2. The van der Waals surface area contributed by atoms with Crippen molar-refractivity contribution in [2.75, 3.05) is 19.0 Å². The Labute approximate surface area is 235 Å². The van der Waals surface area contributed by atoms with Gasteiger partial charge in [-0.2, -0.15) is 10.2 Å². The summed E-state index contributed by atoms with van der Waals surface area (Å²) in [5, 5.41) is 16.9. The van der Waals surface area contributed by atoms with Crippen LogP contribution >= 0.6 is 0 Å². The minimum Gasteiger partial charge on any atom is -0.494 e. The number of imidazole rings is 1. The number of nitrogens with one attached hydrogen (secondary N) is 3. The van der Waals surface area contributed by atoms with Crippen molar-refractivity contribution in [3.63, 3.8) is 0 Å². The van der Waals surface area contributed by atoms with E-state index in [9.17, 15) is 9.59 Å². The Kier molecular flexibility index (Phi) is 8.23. The molecule has 5 aromatic rings. The molecule has 0 unspecified atom stereocenters. The van der Waals surface area contributed by atoms with E-state index in [1.165, 1.54) is 6.33 Å². The summed E-state index contributed by atoms with van der Waals surface area (Å²) in [5.74, 6) is 1.12. The zero-order valence-electron chi connectivity index (χ0n) is 23.0. The number of methoxy groups -OCH3 is 1. The molecule has 0 aliphatic rings. The molecule has 0 saturated carbocycles. The van der Waals surface area contributed by atoms with E-state index in [0.717, 1.165) is 16.8 Å². The van der Waals surface area contributed by atoms with E-state index in [0.29, 0.717) is 60.3 Å². The number of aromatic amines is 1. The average Bonchev–Trinajstić information content (AvgIpc) is 3.73. The Morgan fingerprint density at radius 2 is 1.95 bits per heavy atom. The number of carbonyl (C=O) groups excluding carboxylic acids is 2. The topological polar surface area (TPSA) is 154 Å². The van der Waals surface area contributed by atoms with Crippen LogP contribution in [0.2, 0.25) is 0 Å². The second kappa shape index (κ2) is 12.3. The van der Waals surface area contributed by atoms with Gasteiger partial charge >= 0.3 is 6.09 Å². The molecule has 0 bridgehead atoms. The van der Waals surface area contributed by atoms with Crippen molar-refractivity contribution in [3.05, 3.63) is 71.8 Å². The molecule has 0 fully saturated rings. The van der Waals surface area contributed by atoms with Crippen LogP contribution in [0.25, 0.3) is 22.4 Å². The van der Waals surface area contributed by atoms with Crippen molar-refractivity contribution >= 4 is 29.0 Å². The number of H-pyrrole nitrogens is 1. The normalized spacial score (nSPS) is 11.0. The lowest BCUT2D eigenvalue weighted by Gasteiger charge is -2.13. The van der Waals surface area contributed by atoms with Gasteiger partial charge in [-0.1, -0.05) is 30.3 Å². The fraction of sp³-hybridized carbons (Fsp3) is 0.286. The fourth-order valence-corrected chi connectivity index (χ4v) is 4.52. The summed E-state index contributed by atoms with van der Waals surface area (Å²) in [5.41, 5.74) is 4.11. The van der Waals surface area contributed by atoms with E-state index in [1.807, 2.05) is 60.9 Å². The lowest BCUT2D eigenvalue weighted by Crippen LogP contribution is -2.26. The van der Waals surface area contributed by atoms with Gasteiger partial charge in [-0.3, -0.25) is 19.9 Å². The molecule has 3 aromatic heterocycles. The van der Waals surface area contributed by atoms with Crippen LogP contribution in [0.15, 0.2) is 54.9 Å². The maximum atomic E-state index is 13.3. The van der Waals surface area contributed by atoms with E-state index in [2.05, 4.69) is 30.9 Å². The number of nitrogens with zero attached hydrogens (tertiary/aromatic N) is 6. The summed E-state index contributed by atoms with van der Waals surface area (Å²) in [6.07, 6.45) is 1.45. The maximum absolute atomic E-state index is 13.3. The fourth-order valence-electron chi connectivity index (χ4n) is 4.52. The van der Waals surface area contributed by atoms with E-state index in [-0.39, 0.29) is 12.5 Å². The molecule has 0 aliphatic heterocycles. The molecule has 13 heteroatoms. The van der Waals surface area contributed by atoms with Crippen LogP contribution in [0.3, 0.4) is 0 Å². The molecular weight excluding hydrogens is 526 g/mol. The minimum absolute atomic E-state index is 0.188. The number of rotatable bonds is 11. The Bertz CT molecular complexity index is 1640. The van der Waals surface area contributed by atoms with Gasteiger partial charge in [0.1, 0.15) is 29.9 Å². The van der Waals surface area contributed by atoms with Crippen molar-refractivity contribution in [3.8, 4) is 17.1 Å². The van der Waals surface area contributed by atoms with Crippen LogP contribution in [-0.4, -0.2) is 60.2 Å². The van der Waals surface area contributed by atoms with Gasteiger partial charge in [-0.05, 0) is 44.0 Å². The molecule has 2 amide bonds. The smallest absolute Gasteiger partial charge is 0.407 e. The highest BCUT2D eigenvalue weighted by Gasteiger charge is 2.21. The number of aryl methyl sites for hydroxylation is 3. The van der Waals surface area contributed by atoms with Crippen LogP contribution in [0, 0.1) is 6.92 Å². The van der Waals surface area contributed by atoms with Crippen LogP contribution in [-0.2, 0) is 24.4 Å². The van der Waals surface area contributed by atoms with Gasteiger partial charge in [0.05, 0.1) is 18.3 Å². The number of hydrogen-bond acceptors (Lipinski definition) is 8. The number of alkyl carbamates (subject to hydrolysis) is 1. The molecule has 0 aliphatic carbocycles. The lowest BCUT2D eigenvalue weighted by molar-refractivity contribution is 0.101. The first-order valence-electron chi connectivity index (χ1n) is 13.2. The van der Waals surface area contributed by atoms with E-state index in [4.69, 9.17) is 14.5 Å². The molecule has 0 spiro atoms. The lowest BCUT2D eigenvalue weighted by atomic mass is 10.1. The molecule has 2 aromatic carbocycles. The number of amides is 2. The number of fused-ring (bicyclic) bond motifs is 1. The van der Waals surface area contributed by atoms with Crippen LogP contribution < -0.4 is 15.4 Å². The third-order valence-corrected chi connectivity index (χ3v) is 6.42. The largest absolute Gasteiger partial charge is 0.494 e. The third-order valence-electron chi connectivity index (χ3n) is 6.42. The second-order valence-corrected chi connectivity index (χ2v) is 9.25. The zero-order chi connectivity index (χ0) is 28.8. The molecule has 3 heterocycles.